The largest absolute Gasteiger partial charge is 0.460 e. The van der Waals surface area contributed by atoms with Gasteiger partial charge in [0, 0.05) is 19.0 Å². The lowest BCUT2D eigenvalue weighted by atomic mass is 10.1. The second kappa shape index (κ2) is 6.21. The second-order valence-corrected chi connectivity index (χ2v) is 4.91. The zero-order valence-corrected chi connectivity index (χ0v) is 11.9. The third-order valence-corrected chi connectivity index (χ3v) is 3.34. The average Bonchev–Trinajstić information content (AvgIpc) is 2.80. The molecule has 1 aliphatic heterocycles. The topological polar surface area (TPSA) is 96.4 Å². The molecule has 0 aromatic carbocycles. The van der Waals surface area contributed by atoms with Crippen molar-refractivity contribution in [2.45, 2.75) is 51.3 Å². The normalized spacial score (nSPS) is 26.5. The molecule has 1 fully saturated rings. The summed E-state index contributed by atoms with van der Waals surface area (Å²) in [5.41, 5.74) is 4.71. The number of anilines is 1. The fraction of sp³-hybridized carbons (Fsp3) is 0.615. The fourth-order valence-electron chi connectivity index (χ4n) is 2.19. The van der Waals surface area contributed by atoms with Gasteiger partial charge in [0.2, 0.25) is 0 Å². The van der Waals surface area contributed by atoms with Crippen LogP contribution in [0.25, 0.3) is 0 Å². The first-order valence-electron chi connectivity index (χ1n) is 6.76. The van der Waals surface area contributed by atoms with E-state index in [2.05, 4.69) is 4.98 Å². The van der Waals surface area contributed by atoms with Gasteiger partial charge in [0.15, 0.2) is 6.23 Å². The summed E-state index contributed by atoms with van der Waals surface area (Å²) in [5.74, 6) is -0.317. The third-order valence-electron chi connectivity index (χ3n) is 3.34. The molecule has 2 N–H and O–H groups in total. The molecule has 21 heavy (non-hydrogen) atoms. The number of carbonyl (C=O) groups is 1. The van der Waals surface area contributed by atoms with E-state index in [0.717, 1.165) is 4.57 Å². The van der Waals surface area contributed by atoms with Gasteiger partial charge in [0.05, 0.1) is 6.10 Å². The maximum atomic E-state index is 14.1. The van der Waals surface area contributed by atoms with Crippen LogP contribution < -0.4 is 11.4 Å². The van der Waals surface area contributed by atoms with Crippen LogP contribution in [0.4, 0.5) is 10.2 Å². The van der Waals surface area contributed by atoms with E-state index in [0.29, 0.717) is 0 Å². The molecule has 0 amide bonds. The van der Waals surface area contributed by atoms with Gasteiger partial charge in [-0.1, -0.05) is 6.92 Å². The van der Waals surface area contributed by atoms with Gasteiger partial charge in [-0.2, -0.15) is 4.98 Å². The van der Waals surface area contributed by atoms with Gasteiger partial charge < -0.3 is 15.2 Å². The average molecular weight is 299 g/mol. The van der Waals surface area contributed by atoms with Crippen LogP contribution in [0.2, 0.25) is 0 Å². The van der Waals surface area contributed by atoms with E-state index in [-0.39, 0.29) is 24.6 Å². The molecule has 116 valence electrons. The maximum Gasteiger partial charge on any atom is 0.351 e. The maximum absolute atomic E-state index is 14.1. The summed E-state index contributed by atoms with van der Waals surface area (Å²) in [4.78, 5) is 26.5. The minimum atomic E-state index is -1.39. The summed E-state index contributed by atoms with van der Waals surface area (Å²) in [6.07, 6.45) is -2.05. The van der Waals surface area contributed by atoms with E-state index in [1.54, 1.807) is 13.8 Å². The van der Waals surface area contributed by atoms with Crippen LogP contribution in [0.3, 0.4) is 0 Å². The number of hydrogen-bond donors (Lipinski definition) is 1. The number of halogens is 1. The minimum Gasteiger partial charge on any atom is -0.460 e. The van der Waals surface area contributed by atoms with Gasteiger partial charge in [-0.15, -0.1) is 0 Å². The fourth-order valence-corrected chi connectivity index (χ4v) is 2.19. The van der Waals surface area contributed by atoms with Crippen molar-refractivity contribution in [1.29, 1.82) is 0 Å². The van der Waals surface area contributed by atoms with Gasteiger partial charge in [0.1, 0.15) is 18.1 Å². The van der Waals surface area contributed by atoms with Crippen molar-refractivity contribution in [2.75, 3.05) is 5.73 Å². The van der Waals surface area contributed by atoms with Crippen LogP contribution >= 0.6 is 0 Å². The SMILES string of the molecule is CCC(=O)O[C@@H](C)[C@@H]1C[C@H](F)[C@H](n2ccc(N)nc2=O)O1. The van der Waals surface area contributed by atoms with E-state index in [4.69, 9.17) is 15.2 Å². The van der Waals surface area contributed by atoms with Crippen LogP contribution in [-0.2, 0) is 14.3 Å². The number of ether oxygens (including phenoxy) is 2. The molecule has 1 aromatic rings. The Hall–Kier alpha value is -1.96. The van der Waals surface area contributed by atoms with Gasteiger partial charge in [-0.3, -0.25) is 9.36 Å². The summed E-state index contributed by atoms with van der Waals surface area (Å²) in [7, 11) is 0. The first-order valence-corrected chi connectivity index (χ1v) is 6.76. The quantitative estimate of drug-likeness (QED) is 0.826. The number of nitrogen functional groups attached to an aromatic ring is 1. The van der Waals surface area contributed by atoms with Crippen molar-refractivity contribution in [3.8, 4) is 0 Å². The highest BCUT2D eigenvalue weighted by atomic mass is 19.1. The summed E-state index contributed by atoms with van der Waals surface area (Å²) in [6, 6.07) is 1.39. The molecule has 2 rings (SSSR count). The van der Waals surface area contributed by atoms with Crippen LogP contribution in [0.5, 0.6) is 0 Å². The highest BCUT2D eigenvalue weighted by Gasteiger charge is 2.40. The Balaban J connectivity index is 2.10. The monoisotopic (exact) mass is 299 g/mol. The van der Waals surface area contributed by atoms with Gasteiger partial charge >= 0.3 is 11.7 Å². The van der Waals surface area contributed by atoms with Crippen LogP contribution in [0.1, 0.15) is 32.9 Å². The lowest BCUT2D eigenvalue weighted by Gasteiger charge is -2.20. The molecular formula is C13H18FN3O4. The number of carbonyl (C=O) groups excluding carboxylic acids is 1. The van der Waals surface area contributed by atoms with Crippen LogP contribution in [0, 0.1) is 0 Å². The Morgan fingerprint density at radius 3 is 3.05 bits per heavy atom. The number of rotatable bonds is 4. The zero-order valence-electron chi connectivity index (χ0n) is 11.9. The molecule has 7 nitrogen and oxygen atoms in total. The molecule has 1 aliphatic rings. The van der Waals surface area contributed by atoms with Crippen molar-refractivity contribution in [1.82, 2.24) is 9.55 Å². The van der Waals surface area contributed by atoms with Crippen molar-refractivity contribution in [2.24, 2.45) is 0 Å². The molecule has 2 heterocycles. The molecule has 0 radical (unpaired) electrons. The van der Waals surface area contributed by atoms with Gasteiger partial charge in [0.25, 0.3) is 0 Å². The smallest absolute Gasteiger partial charge is 0.351 e. The Morgan fingerprint density at radius 1 is 1.71 bits per heavy atom. The molecule has 4 atom stereocenters. The molecule has 0 unspecified atom stereocenters. The summed E-state index contributed by atoms with van der Waals surface area (Å²) >= 11 is 0. The number of nitrogens with two attached hydrogens (primary N) is 1. The van der Waals surface area contributed by atoms with E-state index in [9.17, 15) is 14.0 Å². The molecule has 1 aromatic heterocycles. The zero-order chi connectivity index (χ0) is 15.6. The Bertz CT molecular complexity index is 577. The predicted molar refractivity (Wildman–Crippen MR) is 72.2 cm³/mol. The standard InChI is InChI=1S/C13H18FN3O4/c1-3-11(18)20-7(2)9-6-8(14)12(21-9)17-5-4-10(15)16-13(17)19/h4-5,7-9,12H,3,6H2,1-2H3,(H2,15,16,19)/t7-,8-,9-,12+/m0/s1. The lowest BCUT2D eigenvalue weighted by molar-refractivity contribution is -0.156. The molecule has 0 spiro atoms. The van der Waals surface area contributed by atoms with Crippen molar-refractivity contribution in [3.05, 3.63) is 22.7 Å². The van der Waals surface area contributed by atoms with Crippen LogP contribution in [0.15, 0.2) is 17.1 Å². The summed E-state index contributed by atoms with van der Waals surface area (Å²) < 4.78 is 25.8. The van der Waals surface area contributed by atoms with E-state index in [1.165, 1.54) is 12.3 Å². The Labute approximate surface area is 120 Å². The second-order valence-electron chi connectivity index (χ2n) is 4.91. The van der Waals surface area contributed by atoms with Crippen molar-refractivity contribution >= 4 is 11.8 Å². The highest BCUT2D eigenvalue weighted by molar-refractivity contribution is 5.69. The summed E-state index contributed by atoms with van der Waals surface area (Å²) in [5, 5.41) is 0. The number of hydrogen-bond acceptors (Lipinski definition) is 6. The minimum absolute atomic E-state index is 0.0413. The first-order chi connectivity index (χ1) is 9.92. The molecule has 1 saturated heterocycles. The number of nitrogens with zero attached hydrogens (tertiary/aromatic N) is 2. The van der Waals surface area contributed by atoms with Gasteiger partial charge in [-0.05, 0) is 13.0 Å². The van der Waals surface area contributed by atoms with E-state index >= 15 is 0 Å². The number of aromatic nitrogens is 2. The van der Waals surface area contributed by atoms with E-state index < -0.39 is 30.3 Å². The Morgan fingerprint density at radius 2 is 2.43 bits per heavy atom. The Kier molecular flexibility index (Phi) is 4.56. The summed E-state index contributed by atoms with van der Waals surface area (Å²) in [6.45, 7) is 3.31. The van der Waals surface area contributed by atoms with Gasteiger partial charge in [-0.25, -0.2) is 9.18 Å². The lowest BCUT2D eigenvalue weighted by Crippen LogP contribution is -2.32. The van der Waals surface area contributed by atoms with Crippen LogP contribution in [-0.4, -0.2) is 33.9 Å². The first kappa shape index (κ1) is 15.4. The number of esters is 1. The molecule has 8 heteroatoms. The van der Waals surface area contributed by atoms with E-state index in [1.807, 2.05) is 0 Å². The van der Waals surface area contributed by atoms with Crippen molar-refractivity contribution in [3.63, 3.8) is 0 Å². The molecular weight excluding hydrogens is 281 g/mol. The highest BCUT2D eigenvalue weighted by Crippen LogP contribution is 2.32. The molecule has 0 bridgehead atoms. The molecule has 0 saturated carbocycles. The molecule has 0 aliphatic carbocycles. The van der Waals surface area contributed by atoms with Crippen molar-refractivity contribution < 1.29 is 18.7 Å². The third kappa shape index (κ3) is 3.38. The predicted octanol–water partition coefficient (Wildman–Crippen LogP) is 0.793. The number of alkyl halides is 1.